The first-order valence-corrected chi connectivity index (χ1v) is 9.13. The smallest absolute Gasteiger partial charge is 0.319 e. The van der Waals surface area contributed by atoms with Crippen LogP contribution in [0.4, 0.5) is 16.2 Å². The summed E-state index contributed by atoms with van der Waals surface area (Å²) in [6, 6.07) is 11.3. The molecule has 6 heteroatoms. The summed E-state index contributed by atoms with van der Waals surface area (Å²) in [5, 5.41) is 6.59. The molecule has 4 nitrogen and oxygen atoms in total. The van der Waals surface area contributed by atoms with E-state index in [4.69, 9.17) is 23.2 Å². The normalized spacial score (nSPS) is 13.3. The van der Waals surface area contributed by atoms with Crippen molar-refractivity contribution in [3.63, 3.8) is 0 Å². The zero-order chi connectivity index (χ0) is 17.8. The fourth-order valence-corrected chi connectivity index (χ4v) is 3.44. The molecule has 2 amide bonds. The first-order chi connectivity index (χ1) is 12.0. The van der Waals surface area contributed by atoms with Crippen LogP contribution in [0, 0.1) is 6.92 Å². The average molecular weight is 378 g/mol. The van der Waals surface area contributed by atoms with E-state index < -0.39 is 0 Å². The average Bonchev–Trinajstić information content (AvgIpc) is 2.58. The summed E-state index contributed by atoms with van der Waals surface area (Å²) in [7, 11) is 0. The van der Waals surface area contributed by atoms with Crippen LogP contribution in [0.2, 0.25) is 10.0 Å². The van der Waals surface area contributed by atoms with Crippen LogP contribution in [0.15, 0.2) is 36.4 Å². The van der Waals surface area contributed by atoms with Gasteiger partial charge >= 0.3 is 6.03 Å². The van der Waals surface area contributed by atoms with Crippen molar-refractivity contribution in [2.45, 2.75) is 19.8 Å². The molecule has 0 radical (unpaired) electrons. The molecule has 0 bridgehead atoms. The lowest BCUT2D eigenvalue weighted by atomic mass is 10.00. The van der Waals surface area contributed by atoms with E-state index in [1.807, 2.05) is 0 Å². The molecular formula is C19H21Cl2N3O. The summed E-state index contributed by atoms with van der Waals surface area (Å²) in [4.78, 5) is 14.4. The molecule has 0 saturated heterocycles. The molecule has 1 heterocycles. The summed E-state index contributed by atoms with van der Waals surface area (Å²) in [5.74, 6) is 0. The molecule has 25 heavy (non-hydrogen) atoms. The Bertz CT molecular complexity index is 779. The van der Waals surface area contributed by atoms with Gasteiger partial charge in [-0.15, -0.1) is 0 Å². The number of nitrogens with zero attached hydrogens (tertiary/aromatic N) is 1. The van der Waals surface area contributed by atoms with E-state index in [1.54, 1.807) is 18.2 Å². The third kappa shape index (κ3) is 4.59. The Hall–Kier alpha value is -1.91. The zero-order valence-corrected chi connectivity index (χ0v) is 15.6. The van der Waals surface area contributed by atoms with Gasteiger partial charge in [-0.25, -0.2) is 4.79 Å². The zero-order valence-electron chi connectivity index (χ0n) is 14.1. The van der Waals surface area contributed by atoms with Crippen LogP contribution < -0.4 is 15.5 Å². The number of hydrogen-bond acceptors (Lipinski definition) is 2. The van der Waals surface area contributed by atoms with Gasteiger partial charge in [0.1, 0.15) is 0 Å². The molecule has 2 N–H and O–H groups in total. The van der Waals surface area contributed by atoms with Crippen LogP contribution in [0.5, 0.6) is 0 Å². The van der Waals surface area contributed by atoms with Crippen LogP contribution in [0.1, 0.15) is 17.5 Å². The van der Waals surface area contributed by atoms with Gasteiger partial charge in [0.25, 0.3) is 0 Å². The fourth-order valence-electron chi connectivity index (χ4n) is 3.10. The molecule has 0 spiro atoms. The highest BCUT2D eigenvalue weighted by Crippen LogP contribution is 2.27. The Morgan fingerprint density at radius 1 is 1.20 bits per heavy atom. The molecule has 132 valence electrons. The van der Waals surface area contributed by atoms with Gasteiger partial charge in [-0.3, -0.25) is 0 Å². The number of fused-ring (bicyclic) bond motifs is 1. The number of benzene rings is 2. The first-order valence-electron chi connectivity index (χ1n) is 8.37. The molecule has 0 atom stereocenters. The molecule has 1 aliphatic rings. The number of urea groups is 1. The molecule has 3 rings (SSSR count). The van der Waals surface area contributed by atoms with Gasteiger partial charge in [-0.2, -0.15) is 0 Å². The van der Waals surface area contributed by atoms with Crippen molar-refractivity contribution in [3.8, 4) is 0 Å². The summed E-state index contributed by atoms with van der Waals surface area (Å²) in [6.07, 6.45) is 2.26. The SMILES string of the molecule is Cc1ccc2c(c1)CCCN2CCNC(=O)Nc1cc(Cl)ccc1Cl. The molecule has 0 unspecified atom stereocenters. The quantitative estimate of drug-likeness (QED) is 0.797. The van der Waals surface area contributed by atoms with Crippen LogP contribution in [-0.2, 0) is 6.42 Å². The monoisotopic (exact) mass is 377 g/mol. The van der Waals surface area contributed by atoms with Crippen molar-refractivity contribution in [2.24, 2.45) is 0 Å². The van der Waals surface area contributed by atoms with Gasteiger partial charge in [0, 0.05) is 30.3 Å². The van der Waals surface area contributed by atoms with E-state index in [1.165, 1.54) is 16.8 Å². The number of anilines is 2. The standard InChI is InChI=1S/C19H21Cl2N3O/c1-13-4-7-18-14(11-13)3-2-9-24(18)10-8-22-19(25)23-17-12-15(20)5-6-16(17)21/h4-7,11-12H,2-3,8-10H2,1H3,(H2,22,23,25). The van der Waals surface area contributed by atoms with Gasteiger partial charge in [0.2, 0.25) is 0 Å². The number of carbonyl (C=O) groups is 1. The van der Waals surface area contributed by atoms with Gasteiger partial charge < -0.3 is 15.5 Å². The van der Waals surface area contributed by atoms with Crippen molar-refractivity contribution in [1.82, 2.24) is 5.32 Å². The topological polar surface area (TPSA) is 44.4 Å². The van der Waals surface area contributed by atoms with Gasteiger partial charge in [-0.05, 0) is 49.6 Å². The summed E-state index contributed by atoms with van der Waals surface area (Å²) >= 11 is 12.0. The lowest BCUT2D eigenvalue weighted by Crippen LogP contribution is -2.39. The first kappa shape index (κ1) is 17.9. The Kier molecular flexibility index (Phi) is 5.71. The summed E-state index contributed by atoms with van der Waals surface area (Å²) < 4.78 is 0. The number of carbonyl (C=O) groups excluding carboxylic acids is 1. The van der Waals surface area contributed by atoms with E-state index in [-0.39, 0.29) is 6.03 Å². The van der Waals surface area contributed by atoms with E-state index in [2.05, 4.69) is 40.7 Å². The predicted octanol–water partition coefficient (Wildman–Crippen LogP) is 4.88. The second kappa shape index (κ2) is 7.98. The Morgan fingerprint density at radius 2 is 2.04 bits per heavy atom. The molecular weight excluding hydrogens is 357 g/mol. The molecule has 0 aromatic heterocycles. The maximum absolute atomic E-state index is 12.1. The highest BCUT2D eigenvalue weighted by atomic mass is 35.5. The minimum absolute atomic E-state index is 0.287. The lowest BCUT2D eigenvalue weighted by molar-refractivity contribution is 0.252. The van der Waals surface area contributed by atoms with Gasteiger partial charge in [0.15, 0.2) is 0 Å². The van der Waals surface area contributed by atoms with Crippen LogP contribution >= 0.6 is 23.2 Å². The number of nitrogens with one attached hydrogen (secondary N) is 2. The van der Waals surface area contributed by atoms with Crippen molar-refractivity contribution < 1.29 is 4.79 Å². The highest BCUT2D eigenvalue weighted by Gasteiger charge is 2.16. The Balaban J connectivity index is 1.53. The Morgan fingerprint density at radius 3 is 2.88 bits per heavy atom. The van der Waals surface area contributed by atoms with E-state index >= 15 is 0 Å². The molecule has 2 aromatic carbocycles. The van der Waals surface area contributed by atoms with Gasteiger partial charge in [-0.1, -0.05) is 40.9 Å². The minimum atomic E-state index is -0.287. The minimum Gasteiger partial charge on any atom is -0.370 e. The maximum atomic E-state index is 12.1. The largest absolute Gasteiger partial charge is 0.370 e. The van der Waals surface area contributed by atoms with Crippen LogP contribution in [-0.4, -0.2) is 25.7 Å². The molecule has 2 aromatic rings. The fraction of sp³-hybridized carbons (Fsp3) is 0.316. The molecule has 0 saturated carbocycles. The number of amides is 2. The maximum Gasteiger partial charge on any atom is 0.319 e. The van der Waals surface area contributed by atoms with E-state index in [9.17, 15) is 4.79 Å². The third-order valence-corrected chi connectivity index (χ3v) is 4.86. The van der Waals surface area contributed by atoms with Crippen molar-refractivity contribution in [2.75, 3.05) is 29.9 Å². The number of aryl methyl sites for hydroxylation is 2. The summed E-state index contributed by atoms with van der Waals surface area (Å²) in [5.41, 5.74) is 4.46. The number of hydrogen-bond donors (Lipinski definition) is 2. The predicted molar refractivity (Wildman–Crippen MR) is 105 cm³/mol. The third-order valence-electron chi connectivity index (χ3n) is 4.29. The lowest BCUT2D eigenvalue weighted by Gasteiger charge is -2.31. The number of rotatable bonds is 4. The molecule has 0 fully saturated rings. The summed E-state index contributed by atoms with van der Waals surface area (Å²) in [6.45, 7) is 4.45. The molecule has 1 aliphatic heterocycles. The van der Waals surface area contributed by atoms with E-state index in [0.717, 1.165) is 25.9 Å². The van der Waals surface area contributed by atoms with Crippen molar-refractivity contribution >= 4 is 40.6 Å². The van der Waals surface area contributed by atoms with Gasteiger partial charge in [0.05, 0.1) is 10.7 Å². The van der Waals surface area contributed by atoms with Crippen molar-refractivity contribution in [3.05, 3.63) is 57.6 Å². The molecule has 0 aliphatic carbocycles. The number of halogens is 2. The Labute approximate surface area is 158 Å². The van der Waals surface area contributed by atoms with Crippen molar-refractivity contribution in [1.29, 1.82) is 0 Å². The second-order valence-corrected chi connectivity index (χ2v) is 7.07. The van der Waals surface area contributed by atoms with E-state index in [0.29, 0.717) is 22.3 Å². The highest BCUT2D eigenvalue weighted by molar-refractivity contribution is 6.35. The van der Waals surface area contributed by atoms with Crippen LogP contribution in [0.3, 0.4) is 0 Å². The second-order valence-electron chi connectivity index (χ2n) is 6.23. The van der Waals surface area contributed by atoms with Crippen LogP contribution in [0.25, 0.3) is 0 Å².